The Morgan fingerprint density at radius 3 is 2.46 bits per heavy atom. The predicted molar refractivity (Wildman–Crippen MR) is 100 cm³/mol. The maximum absolute atomic E-state index is 12.4. The van der Waals surface area contributed by atoms with E-state index in [4.69, 9.17) is 0 Å². The van der Waals surface area contributed by atoms with Crippen molar-refractivity contribution in [2.24, 2.45) is 0 Å². The highest BCUT2D eigenvalue weighted by atomic mass is 79.9. The van der Waals surface area contributed by atoms with Crippen LogP contribution in [0.3, 0.4) is 0 Å². The largest absolute Gasteiger partial charge is 0.347 e. The van der Waals surface area contributed by atoms with E-state index in [0.717, 1.165) is 21.3 Å². The first-order valence-corrected chi connectivity index (χ1v) is 8.67. The molecule has 0 saturated carbocycles. The number of benzene rings is 2. The van der Waals surface area contributed by atoms with Crippen molar-refractivity contribution in [2.75, 3.05) is 18.0 Å². The van der Waals surface area contributed by atoms with Gasteiger partial charge in [-0.1, -0.05) is 40.2 Å². The van der Waals surface area contributed by atoms with E-state index < -0.39 is 0 Å². The fourth-order valence-electron chi connectivity index (χ4n) is 2.42. The normalized spacial score (nSPS) is 10.3. The van der Waals surface area contributed by atoms with Crippen molar-refractivity contribution < 1.29 is 9.59 Å². The summed E-state index contributed by atoms with van der Waals surface area (Å²) >= 11 is 3.36. The van der Waals surface area contributed by atoms with Crippen LogP contribution in [-0.4, -0.2) is 24.9 Å². The second-order valence-corrected chi connectivity index (χ2v) is 6.47. The van der Waals surface area contributed by atoms with Gasteiger partial charge in [0.15, 0.2) is 0 Å². The van der Waals surface area contributed by atoms with Gasteiger partial charge in [0.25, 0.3) is 0 Å². The van der Waals surface area contributed by atoms with E-state index in [1.165, 1.54) is 0 Å². The number of amides is 2. The Kier molecular flexibility index (Phi) is 6.55. The number of nitrogens with one attached hydrogen (secondary N) is 1. The number of carbonyl (C=O) groups is 2. The lowest BCUT2D eigenvalue weighted by molar-refractivity contribution is -0.124. The summed E-state index contributed by atoms with van der Waals surface area (Å²) in [4.78, 5) is 26.1. The van der Waals surface area contributed by atoms with Crippen molar-refractivity contribution in [3.05, 3.63) is 64.1 Å². The summed E-state index contributed by atoms with van der Waals surface area (Å²) in [5, 5.41) is 2.70. The summed E-state index contributed by atoms with van der Waals surface area (Å²) in [6, 6.07) is 15.3. The lowest BCUT2D eigenvalue weighted by atomic mass is 10.1. The molecule has 4 nitrogen and oxygen atoms in total. The van der Waals surface area contributed by atoms with E-state index in [-0.39, 0.29) is 24.8 Å². The lowest BCUT2D eigenvalue weighted by Gasteiger charge is -2.21. The SMILES string of the molecule is CCN(C(=O)CNC(=O)Cc1ccc(Br)cc1)c1cccc(C)c1. The third-order valence-corrected chi connectivity index (χ3v) is 4.17. The van der Waals surface area contributed by atoms with E-state index >= 15 is 0 Å². The van der Waals surface area contributed by atoms with E-state index in [9.17, 15) is 9.59 Å². The highest BCUT2D eigenvalue weighted by Crippen LogP contribution is 2.15. The maximum atomic E-state index is 12.4. The molecular formula is C19H21BrN2O2. The quantitative estimate of drug-likeness (QED) is 0.823. The molecule has 5 heteroatoms. The average Bonchev–Trinajstić information content (AvgIpc) is 2.56. The second-order valence-electron chi connectivity index (χ2n) is 5.56. The van der Waals surface area contributed by atoms with Gasteiger partial charge in [-0.25, -0.2) is 0 Å². The van der Waals surface area contributed by atoms with Gasteiger partial charge < -0.3 is 10.2 Å². The minimum atomic E-state index is -0.161. The number of hydrogen-bond acceptors (Lipinski definition) is 2. The van der Waals surface area contributed by atoms with Crippen molar-refractivity contribution in [1.82, 2.24) is 5.32 Å². The third-order valence-electron chi connectivity index (χ3n) is 3.65. The fourth-order valence-corrected chi connectivity index (χ4v) is 2.68. The average molecular weight is 389 g/mol. The zero-order valence-corrected chi connectivity index (χ0v) is 15.5. The van der Waals surface area contributed by atoms with E-state index in [1.54, 1.807) is 4.90 Å². The Bertz CT molecular complexity index is 714. The van der Waals surface area contributed by atoms with Gasteiger partial charge in [0.2, 0.25) is 11.8 Å². The number of anilines is 1. The summed E-state index contributed by atoms with van der Waals surface area (Å²) in [6.45, 7) is 4.47. The first-order chi connectivity index (χ1) is 11.5. The molecule has 1 N–H and O–H groups in total. The van der Waals surface area contributed by atoms with Crippen molar-refractivity contribution in [3.8, 4) is 0 Å². The highest BCUT2D eigenvalue weighted by molar-refractivity contribution is 9.10. The van der Waals surface area contributed by atoms with Crippen LogP contribution in [0, 0.1) is 6.92 Å². The summed E-state index contributed by atoms with van der Waals surface area (Å²) in [6.07, 6.45) is 0.261. The first kappa shape index (κ1) is 18.2. The Labute approximate surface area is 151 Å². The van der Waals surface area contributed by atoms with Crippen molar-refractivity contribution >= 4 is 33.4 Å². The van der Waals surface area contributed by atoms with Gasteiger partial charge in [0, 0.05) is 16.7 Å². The maximum Gasteiger partial charge on any atom is 0.246 e. The predicted octanol–water partition coefficient (Wildman–Crippen LogP) is 3.47. The molecule has 0 heterocycles. The van der Waals surface area contributed by atoms with Gasteiger partial charge in [-0.15, -0.1) is 0 Å². The van der Waals surface area contributed by atoms with Crippen molar-refractivity contribution in [2.45, 2.75) is 20.3 Å². The van der Waals surface area contributed by atoms with Gasteiger partial charge in [-0.05, 0) is 49.2 Å². The summed E-state index contributed by atoms with van der Waals surface area (Å²) in [7, 11) is 0. The molecule has 0 aliphatic rings. The molecule has 24 heavy (non-hydrogen) atoms. The molecule has 2 amide bonds. The monoisotopic (exact) mass is 388 g/mol. The second kappa shape index (κ2) is 8.64. The number of aryl methyl sites for hydroxylation is 1. The molecule has 0 spiro atoms. The Hall–Kier alpha value is -2.14. The number of carbonyl (C=O) groups excluding carboxylic acids is 2. The zero-order chi connectivity index (χ0) is 17.5. The summed E-state index contributed by atoms with van der Waals surface area (Å²) in [5.41, 5.74) is 2.86. The first-order valence-electron chi connectivity index (χ1n) is 7.87. The molecule has 0 aliphatic heterocycles. The van der Waals surface area contributed by atoms with E-state index in [1.807, 2.05) is 62.4 Å². The van der Waals surface area contributed by atoms with Gasteiger partial charge >= 0.3 is 0 Å². The Morgan fingerprint density at radius 1 is 1.12 bits per heavy atom. The Morgan fingerprint density at radius 2 is 1.83 bits per heavy atom. The van der Waals surface area contributed by atoms with Crippen LogP contribution in [0.5, 0.6) is 0 Å². The van der Waals surface area contributed by atoms with Crippen LogP contribution in [-0.2, 0) is 16.0 Å². The molecule has 0 radical (unpaired) electrons. The minimum absolute atomic E-state index is 0.00283. The van der Waals surface area contributed by atoms with Crippen LogP contribution in [0.2, 0.25) is 0 Å². The zero-order valence-electron chi connectivity index (χ0n) is 13.9. The number of likely N-dealkylation sites (N-methyl/N-ethyl adjacent to an activating group) is 1. The molecule has 2 aromatic carbocycles. The topological polar surface area (TPSA) is 49.4 Å². The number of nitrogens with zero attached hydrogens (tertiary/aromatic N) is 1. The van der Waals surface area contributed by atoms with Crippen LogP contribution in [0.25, 0.3) is 0 Å². The number of halogens is 1. The molecule has 0 fully saturated rings. The minimum Gasteiger partial charge on any atom is -0.347 e. The van der Waals surface area contributed by atoms with Crippen LogP contribution < -0.4 is 10.2 Å². The summed E-state index contributed by atoms with van der Waals surface area (Å²) < 4.78 is 0.971. The van der Waals surface area contributed by atoms with Crippen LogP contribution in [0.4, 0.5) is 5.69 Å². The molecule has 2 rings (SSSR count). The summed E-state index contributed by atoms with van der Waals surface area (Å²) in [5.74, 6) is -0.279. The van der Waals surface area contributed by atoms with E-state index in [2.05, 4.69) is 21.2 Å². The molecular weight excluding hydrogens is 368 g/mol. The number of rotatable bonds is 6. The molecule has 0 bridgehead atoms. The van der Waals surface area contributed by atoms with Crippen LogP contribution >= 0.6 is 15.9 Å². The van der Waals surface area contributed by atoms with Gasteiger partial charge in [-0.3, -0.25) is 9.59 Å². The molecule has 0 saturated heterocycles. The van der Waals surface area contributed by atoms with Gasteiger partial charge in [0.1, 0.15) is 0 Å². The van der Waals surface area contributed by atoms with Crippen molar-refractivity contribution in [3.63, 3.8) is 0 Å². The smallest absolute Gasteiger partial charge is 0.246 e. The van der Waals surface area contributed by atoms with E-state index in [0.29, 0.717) is 6.54 Å². The van der Waals surface area contributed by atoms with Crippen molar-refractivity contribution in [1.29, 1.82) is 0 Å². The molecule has 126 valence electrons. The molecule has 0 unspecified atom stereocenters. The lowest BCUT2D eigenvalue weighted by Crippen LogP contribution is -2.40. The van der Waals surface area contributed by atoms with Gasteiger partial charge in [-0.2, -0.15) is 0 Å². The molecule has 0 aliphatic carbocycles. The Balaban J connectivity index is 1.91. The van der Waals surface area contributed by atoms with Crippen LogP contribution in [0.1, 0.15) is 18.1 Å². The third kappa shape index (κ3) is 5.20. The van der Waals surface area contributed by atoms with Crippen LogP contribution in [0.15, 0.2) is 53.0 Å². The van der Waals surface area contributed by atoms with Gasteiger partial charge in [0.05, 0.1) is 13.0 Å². The molecule has 2 aromatic rings. The highest BCUT2D eigenvalue weighted by Gasteiger charge is 2.15. The number of hydrogen-bond donors (Lipinski definition) is 1. The molecule has 0 aromatic heterocycles. The standard InChI is InChI=1S/C19H21BrN2O2/c1-3-22(17-6-4-5-14(2)11-17)19(24)13-21-18(23)12-15-7-9-16(20)10-8-15/h4-11H,3,12-13H2,1-2H3,(H,21,23). The molecule has 0 atom stereocenters. The fraction of sp³-hybridized carbons (Fsp3) is 0.263.